The Balaban J connectivity index is 1.82. The van der Waals surface area contributed by atoms with Crippen molar-refractivity contribution in [2.24, 2.45) is 0 Å². The van der Waals surface area contributed by atoms with Crippen LogP contribution in [0.15, 0.2) is 95.8 Å². The van der Waals surface area contributed by atoms with Gasteiger partial charge in [0.05, 0.1) is 12.9 Å². The minimum atomic E-state index is 0.406. The number of benzene rings is 2. The molecule has 120 valence electrons. The van der Waals surface area contributed by atoms with Crippen LogP contribution in [-0.4, -0.2) is 7.11 Å². The van der Waals surface area contributed by atoms with Crippen LogP contribution in [0.4, 0.5) is 0 Å². The highest BCUT2D eigenvalue weighted by Crippen LogP contribution is 2.49. The topological polar surface area (TPSA) is 9.23 Å². The zero-order chi connectivity index (χ0) is 16.4. The van der Waals surface area contributed by atoms with Crippen molar-refractivity contribution in [1.29, 1.82) is 0 Å². The molecule has 0 aromatic heterocycles. The Hall–Kier alpha value is -2.54. The third kappa shape index (κ3) is 2.71. The van der Waals surface area contributed by atoms with E-state index < -0.39 is 0 Å². The fourth-order valence-corrected chi connectivity index (χ4v) is 4.00. The minimum Gasteiger partial charge on any atom is -0.501 e. The van der Waals surface area contributed by atoms with E-state index in [4.69, 9.17) is 4.74 Å². The summed E-state index contributed by atoms with van der Waals surface area (Å²) in [5.74, 6) is 1.94. The van der Waals surface area contributed by atoms with E-state index in [2.05, 4.69) is 78.9 Å². The van der Waals surface area contributed by atoms with Crippen molar-refractivity contribution in [2.45, 2.75) is 24.7 Å². The van der Waals surface area contributed by atoms with E-state index in [1.165, 1.54) is 22.3 Å². The van der Waals surface area contributed by atoms with Gasteiger partial charge in [-0.3, -0.25) is 0 Å². The number of hydrogen-bond acceptors (Lipinski definition) is 1. The molecule has 0 heterocycles. The molecule has 1 heteroatoms. The molecule has 2 aliphatic rings. The van der Waals surface area contributed by atoms with E-state index in [-0.39, 0.29) is 0 Å². The van der Waals surface area contributed by atoms with Gasteiger partial charge in [-0.2, -0.15) is 0 Å². The lowest BCUT2D eigenvalue weighted by molar-refractivity contribution is 0.281. The number of hydrogen-bond donors (Lipinski definition) is 0. The summed E-state index contributed by atoms with van der Waals surface area (Å²) >= 11 is 0. The Bertz CT molecular complexity index is 796. The molecule has 0 saturated carbocycles. The summed E-state index contributed by atoms with van der Waals surface area (Å²) in [5, 5.41) is 0. The SMILES string of the molecule is COC1=CC=C2C(=CCC(c3ccccc3)C2c2ccccc2)C1. The van der Waals surface area contributed by atoms with E-state index in [0.717, 1.165) is 18.6 Å². The highest BCUT2D eigenvalue weighted by atomic mass is 16.5. The minimum absolute atomic E-state index is 0.406. The zero-order valence-corrected chi connectivity index (χ0v) is 14.0. The summed E-state index contributed by atoms with van der Waals surface area (Å²) in [6, 6.07) is 21.8. The van der Waals surface area contributed by atoms with Gasteiger partial charge in [-0.05, 0) is 40.7 Å². The first-order valence-corrected chi connectivity index (χ1v) is 8.61. The van der Waals surface area contributed by atoms with Gasteiger partial charge in [-0.1, -0.05) is 72.8 Å². The lowest BCUT2D eigenvalue weighted by atomic mass is 9.68. The maximum absolute atomic E-state index is 5.47. The van der Waals surface area contributed by atoms with Gasteiger partial charge in [0.1, 0.15) is 0 Å². The Kier molecular flexibility index (Phi) is 4.08. The normalized spacial score (nSPS) is 22.8. The van der Waals surface area contributed by atoms with E-state index in [1.807, 2.05) is 0 Å². The van der Waals surface area contributed by atoms with Gasteiger partial charge in [0.25, 0.3) is 0 Å². The largest absolute Gasteiger partial charge is 0.501 e. The van der Waals surface area contributed by atoms with Crippen molar-refractivity contribution in [3.63, 3.8) is 0 Å². The van der Waals surface area contributed by atoms with Gasteiger partial charge in [-0.15, -0.1) is 0 Å². The number of fused-ring (bicyclic) bond motifs is 1. The number of methoxy groups -OCH3 is 1. The molecular weight excluding hydrogens is 292 g/mol. The fourth-order valence-electron chi connectivity index (χ4n) is 4.00. The third-order valence-corrected chi connectivity index (χ3v) is 5.19. The molecule has 0 N–H and O–H groups in total. The molecule has 0 amide bonds. The first-order valence-electron chi connectivity index (χ1n) is 8.61. The molecule has 0 saturated heterocycles. The van der Waals surface area contributed by atoms with Crippen LogP contribution < -0.4 is 0 Å². The summed E-state index contributed by atoms with van der Waals surface area (Å²) in [6.45, 7) is 0. The van der Waals surface area contributed by atoms with Crippen LogP contribution >= 0.6 is 0 Å². The lowest BCUT2D eigenvalue weighted by Crippen LogP contribution is -2.20. The van der Waals surface area contributed by atoms with Gasteiger partial charge in [0, 0.05) is 12.3 Å². The molecule has 0 radical (unpaired) electrons. The van der Waals surface area contributed by atoms with Gasteiger partial charge in [0.15, 0.2) is 0 Å². The van der Waals surface area contributed by atoms with E-state index >= 15 is 0 Å². The van der Waals surface area contributed by atoms with Crippen LogP contribution in [0.3, 0.4) is 0 Å². The molecule has 0 bridgehead atoms. The third-order valence-electron chi connectivity index (χ3n) is 5.19. The first kappa shape index (κ1) is 15.0. The van der Waals surface area contributed by atoms with Crippen molar-refractivity contribution in [2.75, 3.05) is 7.11 Å². The predicted octanol–water partition coefficient (Wildman–Crippen LogP) is 5.74. The molecule has 2 aliphatic carbocycles. The summed E-state index contributed by atoms with van der Waals surface area (Å²) in [4.78, 5) is 0. The van der Waals surface area contributed by atoms with E-state index in [9.17, 15) is 0 Å². The standard InChI is InChI=1S/C23H22O/c1-24-20-13-15-22-19(16-20)12-14-21(17-8-4-2-5-9-17)23(22)18-10-6-3-7-11-18/h2-13,15,21,23H,14,16H2,1H3. The number of ether oxygens (including phenoxy) is 1. The smallest absolute Gasteiger partial charge is 0.0999 e. The van der Waals surface area contributed by atoms with Crippen molar-refractivity contribution in [3.05, 3.63) is 107 Å². The van der Waals surface area contributed by atoms with Crippen LogP contribution in [0.2, 0.25) is 0 Å². The maximum atomic E-state index is 5.47. The molecule has 0 spiro atoms. The van der Waals surface area contributed by atoms with E-state index in [0.29, 0.717) is 11.8 Å². The molecule has 2 unspecified atom stereocenters. The molecule has 1 nitrogen and oxygen atoms in total. The van der Waals surface area contributed by atoms with Crippen molar-refractivity contribution < 1.29 is 4.74 Å². The number of rotatable bonds is 3. The van der Waals surface area contributed by atoms with Crippen molar-refractivity contribution in [3.8, 4) is 0 Å². The van der Waals surface area contributed by atoms with Gasteiger partial charge in [0.2, 0.25) is 0 Å². The highest BCUT2D eigenvalue weighted by Gasteiger charge is 2.33. The second-order valence-corrected chi connectivity index (χ2v) is 6.51. The Morgan fingerprint density at radius 1 is 0.833 bits per heavy atom. The maximum Gasteiger partial charge on any atom is 0.0999 e. The summed E-state index contributed by atoms with van der Waals surface area (Å²) in [5.41, 5.74) is 5.69. The van der Waals surface area contributed by atoms with Gasteiger partial charge < -0.3 is 4.74 Å². The number of allylic oxidation sites excluding steroid dienone is 5. The van der Waals surface area contributed by atoms with Crippen LogP contribution in [-0.2, 0) is 4.74 Å². The molecule has 2 aromatic rings. The fraction of sp³-hybridized carbons (Fsp3) is 0.217. The zero-order valence-electron chi connectivity index (χ0n) is 14.0. The van der Waals surface area contributed by atoms with Crippen LogP contribution in [0.1, 0.15) is 35.8 Å². The van der Waals surface area contributed by atoms with Crippen LogP contribution in [0, 0.1) is 0 Å². The Labute approximate surface area is 144 Å². The predicted molar refractivity (Wildman–Crippen MR) is 98.9 cm³/mol. The van der Waals surface area contributed by atoms with E-state index in [1.54, 1.807) is 7.11 Å². The average molecular weight is 314 g/mol. The Morgan fingerprint density at radius 3 is 2.17 bits per heavy atom. The molecular formula is C23H22O. The molecule has 2 aromatic carbocycles. The lowest BCUT2D eigenvalue weighted by Gasteiger charge is -2.36. The molecule has 0 fully saturated rings. The molecule has 24 heavy (non-hydrogen) atoms. The van der Waals surface area contributed by atoms with Gasteiger partial charge >= 0.3 is 0 Å². The highest BCUT2D eigenvalue weighted by molar-refractivity contribution is 5.52. The Morgan fingerprint density at radius 2 is 1.50 bits per heavy atom. The first-order chi connectivity index (χ1) is 11.9. The van der Waals surface area contributed by atoms with Crippen molar-refractivity contribution in [1.82, 2.24) is 0 Å². The summed E-state index contributed by atoms with van der Waals surface area (Å²) < 4.78 is 5.47. The second kappa shape index (κ2) is 6.52. The molecule has 4 rings (SSSR count). The average Bonchev–Trinajstić information content (AvgIpc) is 2.68. The monoisotopic (exact) mass is 314 g/mol. The van der Waals surface area contributed by atoms with Crippen molar-refractivity contribution >= 4 is 0 Å². The summed E-state index contributed by atoms with van der Waals surface area (Å²) in [6.07, 6.45) is 8.80. The van der Waals surface area contributed by atoms with Gasteiger partial charge in [-0.25, -0.2) is 0 Å². The van der Waals surface area contributed by atoms with Crippen LogP contribution in [0.5, 0.6) is 0 Å². The molecule has 0 aliphatic heterocycles. The molecule has 2 atom stereocenters. The quantitative estimate of drug-likeness (QED) is 0.701. The summed E-state index contributed by atoms with van der Waals surface area (Å²) in [7, 11) is 1.76. The second-order valence-electron chi connectivity index (χ2n) is 6.51. The van der Waals surface area contributed by atoms with Crippen LogP contribution in [0.25, 0.3) is 0 Å².